The zero-order valence-corrected chi connectivity index (χ0v) is 7.65. The Morgan fingerprint density at radius 1 is 1.50 bits per heavy atom. The van der Waals surface area contributed by atoms with E-state index in [2.05, 4.69) is 0 Å². The van der Waals surface area contributed by atoms with E-state index in [0.717, 1.165) is 17.9 Å². The molecule has 0 aromatic carbocycles. The maximum atomic E-state index is 12.4. The summed E-state index contributed by atoms with van der Waals surface area (Å²) in [5, 5.41) is 0. The average Bonchev–Trinajstić information content (AvgIpc) is 2.49. The molecule has 0 N–H and O–H groups in total. The molecule has 1 unspecified atom stereocenters. The molecule has 0 aromatic heterocycles. The quantitative estimate of drug-likeness (QED) is 0.611. The molecule has 0 aliphatic carbocycles. The summed E-state index contributed by atoms with van der Waals surface area (Å²) >= 11 is 1.82. The third-order valence-corrected chi connectivity index (χ3v) is 3.59. The summed E-state index contributed by atoms with van der Waals surface area (Å²) in [5.41, 5.74) is 0. The monoisotopic (exact) mass is 189 g/mol. The van der Waals surface area contributed by atoms with E-state index in [1.54, 1.807) is 4.90 Å². The molecule has 68 valence electrons. The number of carbonyl (C=O) groups excluding carboxylic acids is 1. The Morgan fingerprint density at radius 2 is 2.25 bits per heavy atom. The summed E-state index contributed by atoms with van der Waals surface area (Å²) in [6, 6.07) is 0. The zero-order chi connectivity index (χ0) is 8.55. The molecule has 0 bridgehead atoms. The highest BCUT2D eigenvalue weighted by Gasteiger charge is 2.35. The summed E-state index contributed by atoms with van der Waals surface area (Å²) < 4.78 is 12.4. The van der Waals surface area contributed by atoms with Crippen LogP contribution in [-0.2, 0) is 4.79 Å². The highest BCUT2D eigenvalue weighted by molar-refractivity contribution is 7.99. The largest absolute Gasteiger partial charge is 0.336 e. The number of thioether (sulfide) groups is 1. The summed E-state index contributed by atoms with van der Waals surface area (Å²) in [6.07, 6.45) is 0.222. The van der Waals surface area contributed by atoms with Crippen LogP contribution in [0.5, 0.6) is 0 Å². The van der Waals surface area contributed by atoms with Gasteiger partial charge < -0.3 is 4.90 Å². The smallest absolute Gasteiger partial charge is 0.226 e. The molecule has 2 fully saturated rings. The van der Waals surface area contributed by atoms with Gasteiger partial charge in [-0.1, -0.05) is 0 Å². The van der Waals surface area contributed by atoms with E-state index in [9.17, 15) is 9.18 Å². The maximum Gasteiger partial charge on any atom is 0.226 e. The van der Waals surface area contributed by atoms with Crippen molar-refractivity contribution in [1.29, 1.82) is 0 Å². The highest BCUT2D eigenvalue weighted by Crippen LogP contribution is 2.27. The number of amides is 1. The van der Waals surface area contributed by atoms with Crippen LogP contribution in [0.15, 0.2) is 0 Å². The fourth-order valence-corrected chi connectivity index (χ4v) is 2.80. The molecule has 2 aliphatic heterocycles. The van der Waals surface area contributed by atoms with Crippen LogP contribution < -0.4 is 0 Å². The lowest BCUT2D eigenvalue weighted by molar-refractivity contribution is -0.141. The van der Waals surface area contributed by atoms with Crippen LogP contribution in [0, 0.1) is 5.92 Å². The van der Waals surface area contributed by atoms with Gasteiger partial charge >= 0.3 is 0 Å². The van der Waals surface area contributed by atoms with E-state index in [0.29, 0.717) is 13.1 Å². The molecular weight excluding hydrogens is 177 g/mol. The minimum Gasteiger partial charge on any atom is -0.336 e. The lowest BCUT2D eigenvalue weighted by atomic mass is 10.0. The average molecular weight is 189 g/mol. The normalized spacial score (nSPS) is 30.4. The molecule has 0 spiro atoms. The van der Waals surface area contributed by atoms with E-state index in [-0.39, 0.29) is 11.8 Å². The molecule has 0 radical (unpaired) electrons. The Labute approximate surface area is 75.5 Å². The molecule has 0 aromatic rings. The number of nitrogens with zero attached hydrogens (tertiary/aromatic N) is 1. The van der Waals surface area contributed by atoms with E-state index >= 15 is 0 Å². The molecule has 2 rings (SSSR count). The van der Waals surface area contributed by atoms with Crippen LogP contribution in [0.2, 0.25) is 0 Å². The van der Waals surface area contributed by atoms with Crippen LogP contribution in [0.25, 0.3) is 0 Å². The van der Waals surface area contributed by atoms with Crippen molar-refractivity contribution in [2.75, 3.05) is 24.6 Å². The lowest BCUT2D eigenvalue weighted by Gasteiger charge is -2.35. The maximum absolute atomic E-state index is 12.4. The molecule has 1 atom stereocenters. The van der Waals surface area contributed by atoms with Gasteiger partial charge in [0.2, 0.25) is 5.91 Å². The molecule has 12 heavy (non-hydrogen) atoms. The number of halogens is 1. The second kappa shape index (κ2) is 3.24. The Morgan fingerprint density at radius 3 is 2.75 bits per heavy atom. The van der Waals surface area contributed by atoms with Gasteiger partial charge in [0.15, 0.2) is 0 Å². The molecule has 2 heterocycles. The van der Waals surface area contributed by atoms with Gasteiger partial charge in [0.1, 0.15) is 6.17 Å². The van der Waals surface area contributed by atoms with Crippen molar-refractivity contribution in [3.05, 3.63) is 0 Å². The van der Waals surface area contributed by atoms with Crippen LogP contribution in [0.1, 0.15) is 6.42 Å². The van der Waals surface area contributed by atoms with Crippen LogP contribution >= 0.6 is 11.8 Å². The number of hydrogen-bond acceptors (Lipinski definition) is 2. The van der Waals surface area contributed by atoms with Gasteiger partial charge in [-0.3, -0.25) is 4.79 Å². The Kier molecular flexibility index (Phi) is 2.26. The van der Waals surface area contributed by atoms with Gasteiger partial charge in [0.25, 0.3) is 0 Å². The minimum atomic E-state index is -0.761. The Balaban J connectivity index is 1.83. The van der Waals surface area contributed by atoms with Crippen molar-refractivity contribution in [3.63, 3.8) is 0 Å². The van der Waals surface area contributed by atoms with Gasteiger partial charge in [-0.25, -0.2) is 4.39 Å². The Hall–Kier alpha value is -0.250. The van der Waals surface area contributed by atoms with Gasteiger partial charge in [0, 0.05) is 11.7 Å². The summed E-state index contributed by atoms with van der Waals surface area (Å²) in [7, 11) is 0. The fraction of sp³-hybridized carbons (Fsp3) is 0.875. The highest BCUT2D eigenvalue weighted by atomic mass is 32.2. The molecule has 1 amide bonds. The third-order valence-electron chi connectivity index (χ3n) is 2.43. The Bertz CT molecular complexity index is 187. The standard InChI is InChI=1S/C8H12FNOS/c9-7-3-10(4-7)8(11)6-1-2-12-5-6/h6-7H,1-5H2. The predicted molar refractivity (Wildman–Crippen MR) is 46.9 cm³/mol. The van der Waals surface area contributed by atoms with Crippen molar-refractivity contribution >= 4 is 17.7 Å². The van der Waals surface area contributed by atoms with Crippen molar-refractivity contribution in [2.45, 2.75) is 12.6 Å². The van der Waals surface area contributed by atoms with E-state index in [4.69, 9.17) is 0 Å². The van der Waals surface area contributed by atoms with Crippen LogP contribution in [0.3, 0.4) is 0 Å². The first-order chi connectivity index (χ1) is 5.77. The molecular formula is C8H12FNOS. The summed E-state index contributed by atoms with van der Waals surface area (Å²) in [5.74, 6) is 2.38. The number of carbonyl (C=O) groups is 1. The number of likely N-dealkylation sites (tertiary alicyclic amines) is 1. The van der Waals surface area contributed by atoms with E-state index in [1.165, 1.54) is 0 Å². The molecule has 2 aliphatic rings. The molecule has 2 nitrogen and oxygen atoms in total. The van der Waals surface area contributed by atoms with E-state index < -0.39 is 6.17 Å². The van der Waals surface area contributed by atoms with Gasteiger partial charge in [-0.15, -0.1) is 0 Å². The second-order valence-corrected chi connectivity index (χ2v) is 4.55. The number of alkyl halides is 1. The predicted octanol–water partition coefficient (Wildman–Crippen LogP) is 0.920. The first-order valence-electron chi connectivity index (χ1n) is 4.28. The van der Waals surface area contributed by atoms with Crippen LogP contribution in [0.4, 0.5) is 4.39 Å². The van der Waals surface area contributed by atoms with Gasteiger partial charge in [0.05, 0.1) is 13.1 Å². The van der Waals surface area contributed by atoms with Crippen molar-refractivity contribution in [3.8, 4) is 0 Å². The molecule has 0 saturated carbocycles. The second-order valence-electron chi connectivity index (χ2n) is 3.40. The van der Waals surface area contributed by atoms with Crippen molar-refractivity contribution in [1.82, 2.24) is 4.90 Å². The number of rotatable bonds is 1. The minimum absolute atomic E-state index is 0.175. The van der Waals surface area contributed by atoms with Crippen molar-refractivity contribution in [2.24, 2.45) is 5.92 Å². The SMILES string of the molecule is O=C(C1CCSC1)N1CC(F)C1. The topological polar surface area (TPSA) is 20.3 Å². The molecule has 2 saturated heterocycles. The zero-order valence-electron chi connectivity index (χ0n) is 6.83. The van der Waals surface area contributed by atoms with E-state index in [1.807, 2.05) is 11.8 Å². The summed E-state index contributed by atoms with van der Waals surface area (Å²) in [6.45, 7) is 0.667. The van der Waals surface area contributed by atoms with Crippen LogP contribution in [-0.4, -0.2) is 41.6 Å². The summed E-state index contributed by atoms with van der Waals surface area (Å²) in [4.78, 5) is 13.2. The van der Waals surface area contributed by atoms with Gasteiger partial charge in [-0.05, 0) is 12.2 Å². The number of hydrogen-bond donors (Lipinski definition) is 0. The first kappa shape index (κ1) is 8.35. The van der Waals surface area contributed by atoms with Crippen molar-refractivity contribution < 1.29 is 9.18 Å². The third kappa shape index (κ3) is 1.44. The fourth-order valence-electron chi connectivity index (χ4n) is 1.59. The molecule has 4 heteroatoms. The lowest BCUT2D eigenvalue weighted by Crippen LogP contribution is -2.53. The van der Waals surface area contributed by atoms with Gasteiger partial charge in [-0.2, -0.15) is 11.8 Å². The first-order valence-corrected chi connectivity index (χ1v) is 5.43.